The molecule has 6 nitrogen and oxygen atoms in total. The normalized spacial score (nSPS) is 18.8. The van der Waals surface area contributed by atoms with Crippen LogP contribution in [-0.2, 0) is 4.79 Å². The lowest BCUT2D eigenvalue weighted by Crippen LogP contribution is -2.41. The van der Waals surface area contributed by atoms with Crippen LogP contribution in [0.4, 0.5) is 5.13 Å². The lowest BCUT2D eigenvalue weighted by Gasteiger charge is -2.31. The van der Waals surface area contributed by atoms with Gasteiger partial charge >= 0.3 is 0 Å². The molecule has 3 heterocycles. The quantitative estimate of drug-likeness (QED) is 0.830. The molecule has 0 atom stereocenters. The Hall–Kier alpha value is -2.25. The molecule has 2 N–H and O–H groups in total. The Balaban J connectivity index is 1.28. The molecule has 0 saturated carbocycles. The van der Waals surface area contributed by atoms with Gasteiger partial charge in [0.1, 0.15) is 0 Å². The van der Waals surface area contributed by atoms with Crippen molar-refractivity contribution in [1.82, 2.24) is 15.2 Å². The highest BCUT2D eigenvalue weighted by molar-refractivity contribution is 7.15. The molecular formula is C21H26N4O2S. The molecule has 2 aliphatic rings. The van der Waals surface area contributed by atoms with E-state index < -0.39 is 0 Å². The second kappa shape index (κ2) is 8.84. The lowest BCUT2D eigenvalue weighted by molar-refractivity contribution is -0.121. The summed E-state index contributed by atoms with van der Waals surface area (Å²) >= 11 is 1.60. The number of carbonyl (C=O) groups is 2. The summed E-state index contributed by atoms with van der Waals surface area (Å²) in [5.41, 5.74) is 0.707. The number of rotatable bonds is 4. The van der Waals surface area contributed by atoms with Gasteiger partial charge in [0.05, 0.1) is 0 Å². The molecule has 2 aliphatic heterocycles. The van der Waals surface area contributed by atoms with E-state index in [1.165, 1.54) is 4.88 Å². The summed E-state index contributed by atoms with van der Waals surface area (Å²) < 4.78 is 0. The number of carbonyl (C=O) groups excluding carboxylic acids is 2. The first kappa shape index (κ1) is 19.1. The van der Waals surface area contributed by atoms with Crippen LogP contribution in [0.25, 0.3) is 0 Å². The molecule has 2 fully saturated rings. The van der Waals surface area contributed by atoms with E-state index in [1.54, 1.807) is 11.3 Å². The second-order valence-electron chi connectivity index (χ2n) is 7.51. The first-order valence-electron chi connectivity index (χ1n) is 10.0. The number of benzene rings is 1. The van der Waals surface area contributed by atoms with Gasteiger partial charge in [-0.1, -0.05) is 18.2 Å². The maximum atomic E-state index is 12.6. The third-order valence-electron chi connectivity index (χ3n) is 5.67. The van der Waals surface area contributed by atoms with E-state index in [9.17, 15) is 9.59 Å². The number of hydrogen-bond acceptors (Lipinski definition) is 5. The van der Waals surface area contributed by atoms with Gasteiger partial charge in [0.2, 0.25) is 5.91 Å². The Bertz CT molecular complexity index is 809. The number of thiazole rings is 1. The second-order valence-corrected chi connectivity index (χ2v) is 8.58. The number of hydrogen-bond donors (Lipinski definition) is 2. The molecule has 4 rings (SSSR count). The summed E-state index contributed by atoms with van der Waals surface area (Å²) in [6, 6.07) is 9.33. The van der Waals surface area contributed by atoms with Crippen LogP contribution in [0.3, 0.4) is 0 Å². The highest BCUT2D eigenvalue weighted by Gasteiger charge is 2.28. The van der Waals surface area contributed by atoms with E-state index in [1.807, 2.05) is 41.4 Å². The smallest absolute Gasteiger partial charge is 0.253 e. The predicted octanol–water partition coefficient (Wildman–Crippen LogP) is 3.10. The summed E-state index contributed by atoms with van der Waals surface area (Å²) in [5, 5.41) is 7.07. The van der Waals surface area contributed by atoms with E-state index in [-0.39, 0.29) is 17.7 Å². The summed E-state index contributed by atoms with van der Waals surface area (Å²) in [5.74, 6) is 0.562. The number of nitrogens with one attached hydrogen (secondary N) is 2. The fourth-order valence-corrected chi connectivity index (χ4v) is 4.94. The zero-order valence-corrected chi connectivity index (χ0v) is 16.7. The molecule has 2 aromatic rings. The van der Waals surface area contributed by atoms with Gasteiger partial charge in [-0.3, -0.25) is 9.59 Å². The monoisotopic (exact) mass is 398 g/mol. The Kier molecular flexibility index (Phi) is 6.02. The predicted molar refractivity (Wildman–Crippen MR) is 111 cm³/mol. The van der Waals surface area contributed by atoms with E-state index in [0.717, 1.165) is 25.9 Å². The number of anilines is 1. The van der Waals surface area contributed by atoms with Crippen molar-refractivity contribution in [1.29, 1.82) is 0 Å². The van der Waals surface area contributed by atoms with E-state index in [2.05, 4.69) is 15.6 Å². The van der Waals surface area contributed by atoms with Gasteiger partial charge in [0.15, 0.2) is 5.13 Å². The summed E-state index contributed by atoms with van der Waals surface area (Å²) in [6.07, 6.45) is 5.55. The number of aromatic nitrogens is 1. The van der Waals surface area contributed by atoms with Crippen LogP contribution in [-0.4, -0.2) is 47.9 Å². The Morgan fingerprint density at radius 3 is 2.50 bits per heavy atom. The summed E-state index contributed by atoms with van der Waals surface area (Å²) in [4.78, 5) is 32.7. The fourth-order valence-electron chi connectivity index (χ4n) is 3.96. The van der Waals surface area contributed by atoms with Crippen molar-refractivity contribution in [2.24, 2.45) is 5.92 Å². The van der Waals surface area contributed by atoms with Crippen LogP contribution < -0.4 is 10.6 Å². The Labute approximate surface area is 169 Å². The zero-order valence-electron chi connectivity index (χ0n) is 15.9. The van der Waals surface area contributed by atoms with Gasteiger partial charge in [0, 0.05) is 35.6 Å². The first-order valence-corrected chi connectivity index (χ1v) is 10.8. The molecule has 1 aromatic carbocycles. The van der Waals surface area contributed by atoms with Crippen molar-refractivity contribution in [3.05, 3.63) is 47.0 Å². The van der Waals surface area contributed by atoms with Gasteiger partial charge < -0.3 is 15.5 Å². The molecule has 7 heteroatoms. The number of likely N-dealkylation sites (tertiary alicyclic amines) is 1. The molecule has 2 amide bonds. The summed E-state index contributed by atoms with van der Waals surface area (Å²) in [6.45, 7) is 3.32. The van der Waals surface area contributed by atoms with Crippen molar-refractivity contribution in [2.45, 2.75) is 31.6 Å². The van der Waals surface area contributed by atoms with Crippen molar-refractivity contribution < 1.29 is 9.59 Å². The average Bonchev–Trinajstić information content (AvgIpc) is 3.23. The van der Waals surface area contributed by atoms with Crippen molar-refractivity contribution >= 4 is 28.3 Å². The van der Waals surface area contributed by atoms with Crippen molar-refractivity contribution in [3.63, 3.8) is 0 Å². The standard InChI is InChI=1S/C21H26N4O2S/c26-19(24-21-23-14-18(28-21)15-6-10-22-11-7-15)16-8-12-25(13-9-16)20(27)17-4-2-1-3-5-17/h1-5,14-16,22H,6-13H2,(H,23,24,26). The maximum absolute atomic E-state index is 12.6. The molecule has 0 spiro atoms. The minimum atomic E-state index is -0.0638. The lowest BCUT2D eigenvalue weighted by atomic mass is 9.95. The fraction of sp³-hybridized carbons (Fsp3) is 0.476. The molecule has 2 saturated heterocycles. The van der Waals surface area contributed by atoms with Gasteiger partial charge in [-0.15, -0.1) is 11.3 Å². The molecule has 28 heavy (non-hydrogen) atoms. The van der Waals surface area contributed by atoms with Gasteiger partial charge in [-0.05, 0) is 56.8 Å². The van der Waals surface area contributed by atoms with Gasteiger partial charge in [-0.25, -0.2) is 4.98 Å². The molecule has 148 valence electrons. The zero-order chi connectivity index (χ0) is 19.3. The third-order valence-corrected chi connectivity index (χ3v) is 6.74. The maximum Gasteiger partial charge on any atom is 0.253 e. The van der Waals surface area contributed by atoms with E-state index in [0.29, 0.717) is 42.5 Å². The SMILES string of the molecule is O=C(Nc1ncc(C2CCNCC2)s1)C1CCN(C(=O)c2ccccc2)CC1. The minimum absolute atomic E-state index is 0.0259. The molecule has 0 aliphatic carbocycles. The first-order chi connectivity index (χ1) is 13.7. The largest absolute Gasteiger partial charge is 0.339 e. The van der Waals surface area contributed by atoms with Crippen LogP contribution in [0.15, 0.2) is 36.5 Å². The average molecular weight is 399 g/mol. The van der Waals surface area contributed by atoms with Crippen LogP contribution in [0, 0.1) is 5.92 Å². The minimum Gasteiger partial charge on any atom is -0.339 e. The molecule has 1 aromatic heterocycles. The molecule has 0 bridgehead atoms. The third kappa shape index (κ3) is 4.42. The van der Waals surface area contributed by atoms with Crippen LogP contribution in [0.1, 0.15) is 46.8 Å². The van der Waals surface area contributed by atoms with Crippen LogP contribution in [0.5, 0.6) is 0 Å². The highest BCUT2D eigenvalue weighted by atomic mass is 32.1. The van der Waals surface area contributed by atoms with Crippen molar-refractivity contribution in [2.75, 3.05) is 31.5 Å². The molecular weight excluding hydrogens is 372 g/mol. The van der Waals surface area contributed by atoms with E-state index >= 15 is 0 Å². The Morgan fingerprint density at radius 2 is 1.79 bits per heavy atom. The van der Waals surface area contributed by atoms with E-state index in [4.69, 9.17) is 0 Å². The highest BCUT2D eigenvalue weighted by Crippen LogP contribution is 2.32. The molecule has 0 radical (unpaired) electrons. The number of nitrogens with zero attached hydrogens (tertiary/aromatic N) is 2. The van der Waals surface area contributed by atoms with Crippen molar-refractivity contribution in [3.8, 4) is 0 Å². The van der Waals surface area contributed by atoms with Gasteiger partial charge in [0.25, 0.3) is 5.91 Å². The number of amides is 2. The topological polar surface area (TPSA) is 74.3 Å². The van der Waals surface area contributed by atoms with Crippen LogP contribution in [0.2, 0.25) is 0 Å². The van der Waals surface area contributed by atoms with Crippen LogP contribution >= 0.6 is 11.3 Å². The van der Waals surface area contributed by atoms with Gasteiger partial charge in [-0.2, -0.15) is 0 Å². The molecule has 0 unspecified atom stereocenters. The summed E-state index contributed by atoms with van der Waals surface area (Å²) in [7, 11) is 0. The Morgan fingerprint density at radius 1 is 1.07 bits per heavy atom. The number of piperidine rings is 2.